The topological polar surface area (TPSA) is 116 Å². The molecule has 0 atom stereocenters. The summed E-state index contributed by atoms with van der Waals surface area (Å²) in [5.41, 5.74) is 17.6. The Morgan fingerprint density at radius 3 is 2.05 bits per heavy atom. The largest absolute Gasteiger partial charge is 0.353 e. The summed E-state index contributed by atoms with van der Waals surface area (Å²) in [6.45, 7) is 1.12. The van der Waals surface area contributed by atoms with Gasteiger partial charge in [-0.2, -0.15) is 0 Å². The van der Waals surface area contributed by atoms with Crippen molar-refractivity contribution in [1.29, 1.82) is 0 Å². The Kier molecular flexibility index (Phi) is 9.27. The molecular weight excluding hydrogens is 272 g/mol. The van der Waals surface area contributed by atoms with Crippen molar-refractivity contribution in [2.24, 2.45) is 10.2 Å². The number of hydrogen-bond acceptors (Lipinski definition) is 4. The number of aryl methyl sites for hydroxylation is 1. The van der Waals surface area contributed by atoms with Crippen molar-refractivity contribution in [2.75, 3.05) is 26.3 Å². The fourth-order valence-electron chi connectivity index (χ4n) is 1.68. The van der Waals surface area contributed by atoms with Gasteiger partial charge in [-0.05, 0) is 23.0 Å². The van der Waals surface area contributed by atoms with E-state index < -0.39 is 6.29 Å². The summed E-state index contributed by atoms with van der Waals surface area (Å²) in [4.78, 5) is 5.32. The van der Waals surface area contributed by atoms with Gasteiger partial charge in [0.05, 0.1) is 13.2 Å². The summed E-state index contributed by atoms with van der Waals surface area (Å²) in [6, 6.07) is 10.0. The standard InChI is InChI=1S/C13H18N6O2/c14-18-16-8-10-20-13(21-11-9-17-19-15)7-6-12-4-2-1-3-5-12/h1-5,13H,6-11H2. The fourth-order valence-corrected chi connectivity index (χ4v) is 1.68. The highest BCUT2D eigenvalue weighted by molar-refractivity contribution is 5.14. The molecule has 0 aliphatic rings. The third-order valence-electron chi connectivity index (χ3n) is 2.63. The lowest BCUT2D eigenvalue weighted by Crippen LogP contribution is -2.21. The molecule has 0 unspecified atom stereocenters. The van der Waals surface area contributed by atoms with Crippen LogP contribution in [0.3, 0.4) is 0 Å². The molecule has 1 rings (SSSR count). The zero-order valence-electron chi connectivity index (χ0n) is 11.7. The van der Waals surface area contributed by atoms with Crippen molar-refractivity contribution >= 4 is 0 Å². The van der Waals surface area contributed by atoms with E-state index in [1.54, 1.807) is 0 Å². The zero-order chi connectivity index (χ0) is 15.2. The van der Waals surface area contributed by atoms with Crippen LogP contribution in [0.25, 0.3) is 20.9 Å². The predicted molar refractivity (Wildman–Crippen MR) is 78.5 cm³/mol. The molecule has 0 aliphatic heterocycles. The summed E-state index contributed by atoms with van der Waals surface area (Å²) < 4.78 is 11.0. The Balaban J connectivity index is 2.37. The number of rotatable bonds is 11. The first kappa shape index (κ1) is 16.8. The first-order valence-corrected chi connectivity index (χ1v) is 6.65. The van der Waals surface area contributed by atoms with Crippen LogP contribution in [0.15, 0.2) is 40.6 Å². The van der Waals surface area contributed by atoms with E-state index in [9.17, 15) is 0 Å². The minimum absolute atomic E-state index is 0.262. The van der Waals surface area contributed by atoms with E-state index in [4.69, 9.17) is 20.5 Å². The second-order valence-corrected chi connectivity index (χ2v) is 4.10. The SMILES string of the molecule is [N-]=[N+]=NCCOC(CCc1ccccc1)OCCN=[N+]=[N-]. The lowest BCUT2D eigenvalue weighted by atomic mass is 10.1. The molecule has 0 heterocycles. The molecule has 0 spiro atoms. The van der Waals surface area contributed by atoms with E-state index in [1.807, 2.05) is 30.3 Å². The molecular formula is C13H18N6O2. The van der Waals surface area contributed by atoms with Crippen molar-refractivity contribution in [1.82, 2.24) is 0 Å². The van der Waals surface area contributed by atoms with Crippen molar-refractivity contribution in [3.05, 3.63) is 56.8 Å². The highest BCUT2D eigenvalue weighted by Gasteiger charge is 2.09. The molecule has 1 aromatic carbocycles. The van der Waals surface area contributed by atoms with E-state index in [-0.39, 0.29) is 13.1 Å². The average Bonchev–Trinajstić information content (AvgIpc) is 2.53. The number of benzene rings is 1. The third-order valence-corrected chi connectivity index (χ3v) is 2.63. The molecule has 0 amide bonds. The highest BCUT2D eigenvalue weighted by atomic mass is 16.7. The van der Waals surface area contributed by atoms with Gasteiger partial charge < -0.3 is 9.47 Å². The summed E-state index contributed by atoms with van der Waals surface area (Å²) >= 11 is 0. The smallest absolute Gasteiger partial charge is 0.157 e. The van der Waals surface area contributed by atoms with Crippen LogP contribution in [0.5, 0.6) is 0 Å². The average molecular weight is 290 g/mol. The Morgan fingerprint density at radius 1 is 0.952 bits per heavy atom. The van der Waals surface area contributed by atoms with Gasteiger partial charge in [0.25, 0.3) is 0 Å². The quantitative estimate of drug-likeness (QED) is 0.203. The maximum atomic E-state index is 8.21. The Labute approximate surface area is 122 Å². The molecule has 8 nitrogen and oxygen atoms in total. The van der Waals surface area contributed by atoms with Gasteiger partial charge in [0.1, 0.15) is 0 Å². The van der Waals surface area contributed by atoms with Crippen molar-refractivity contribution in [3.63, 3.8) is 0 Å². The molecule has 0 saturated heterocycles. The van der Waals surface area contributed by atoms with E-state index in [0.29, 0.717) is 19.6 Å². The van der Waals surface area contributed by atoms with Crippen LogP contribution in [0.1, 0.15) is 12.0 Å². The van der Waals surface area contributed by atoms with Gasteiger partial charge in [-0.15, -0.1) is 0 Å². The van der Waals surface area contributed by atoms with Crippen LogP contribution < -0.4 is 0 Å². The summed E-state index contributed by atoms with van der Waals surface area (Å²) in [6.07, 6.45) is 1.08. The van der Waals surface area contributed by atoms with Gasteiger partial charge in [0, 0.05) is 29.3 Å². The molecule has 0 bridgehead atoms. The van der Waals surface area contributed by atoms with Gasteiger partial charge in [-0.3, -0.25) is 0 Å². The van der Waals surface area contributed by atoms with Gasteiger partial charge in [-0.25, -0.2) is 0 Å². The maximum absolute atomic E-state index is 8.21. The van der Waals surface area contributed by atoms with Crippen molar-refractivity contribution in [2.45, 2.75) is 19.1 Å². The number of hydrogen-bond donors (Lipinski definition) is 0. The first-order chi connectivity index (χ1) is 10.4. The summed E-state index contributed by atoms with van der Waals surface area (Å²) in [5, 5.41) is 6.81. The lowest BCUT2D eigenvalue weighted by molar-refractivity contribution is -0.141. The van der Waals surface area contributed by atoms with Gasteiger partial charge in [-0.1, -0.05) is 40.6 Å². The number of nitrogens with zero attached hydrogens (tertiary/aromatic N) is 6. The molecule has 21 heavy (non-hydrogen) atoms. The molecule has 0 aromatic heterocycles. The van der Waals surface area contributed by atoms with E-state index in [1.165, 1.54) is 5.56 Å². The Bertz CT molecular complexity index is 459. The van der Waals surface area contributed by atoms with Crippen LogP contribution >= 0.6 is 0 Å². The fraction of sp³-hybridized carbons (Fsp3) is 0.538. The molecule has 1 aromatic rings. The lowest BCUT2D eigenvalue weighted by Gasteiger charge is -2.17. The minimum atomic E-state index is -0.409. The molecule has 112 valence electrons. The Morgan fingerprint density at radius 2 is 1.52 bits per heavy atom. The molecule has 0 saturated carbocycles. The van der Waals surface area contributed by atoms with E-state index in [0.717, 1.165) is 6.42 Å². The molecule has 0 aliphatic carbocycles. The third kappa shape index (κ3) is 8.52. The van der Waals surface area contributed by atoms with Crippen LogP contribution in [-0.4, -0.2) is 32.6 Å². The van der Waals surface area contributed by atoms with Crippen molar-refractivity contribution < 1.29 is 9.47 Å². The zero-order valence-corrected chi connectivity index (χ0v) is 11.7. The number of azide groups is 2. The van der Waals surface area contributed by atoms with E-state index >= 15 is 0 Å². The minimum Gasteiger partial charge on any atom is -0.353 e. The maximum Gasteiger partial charge on any atom is 0.157 e. The molecule has 0 N–H and O–H groups in total. The Hall–Kier alpha value is -2.24. The molecule has 0 radical (unpaired) electrons. The number of ether oxygens (including phenoxy) is 2. The molecule has 0 fully saturated rings. The normalized spacial score (nSPS) is 11.2. The summed E-state index contributed by atoms with van der Waals surface area (Å²) in [7, 11) is 0. The van der Waals surface area contributed by atoms with Gasteiger partial charge >= 0.3 is 0 Å². The van der Waals surface area contributed by atoms with Crippen LogP contribution in [0, 0.1) is 0 Å². The highest BCUT2D eigenvalue weighted by Crippen LogP contribution is 2.09. The predicted octanol–water partition coefficient (Wildman–Crippen LogP) is 3.60. The van der Waals surface area contributed by atoms with Crippen LogP contribution in [0.4, 0.5) is 0 Å². The first-order valence-electron chi connectivity index (χ1n) is 6.65. The van der Waals surface area contributed by atoms with Crippen LogP contribution in [0.2, 0.25) is 0 Å². The molecule has 8 heteroatoms. The van der Waals surface area contributed by atoms with Crippen LogP contribution in [-0.2, 0) is 15.9 Å². The van der Waals surface area contributed by atoms with Gasteiger partial charge in [0.15, 0.2) is 6.29 Å². The monoisotopic (exact) mass is 290 g/mol. The van der Waals surface area contributed by atoms with E-state index in [2.05, 4.69) is 20.1 Å². The van der Waals surface area contributed by atoms with Crippen molar-refractivity contribution in [3.8, 4) is 0 Å². The second-order valence-electron chi connectivity index (χ2n) is 4.10. The van der Waals surface area contributed by atoms with Gasteiger partial charge in [0.2, 0.25) is 0 Å². The summed E-state index contributed by atoms with van der Waals surface area (Å²) in [5.74, 6) is 0. The second kappa shape index (κ2) is 11.6.